The minimum atomic E-state index is -1.42. The summed E-state index contributed by atoms with van der Waals surface area (Å²) in [4.78, 5) is 21.8. The molecule has 1 aliphatic carbocycles. The third-order valence-corrected chi connectivity index (χ3v) is 2.35. The fraction of sp³-hybridized carbons (Fsp3) is 0.455. The molecule has 0 saturated heterocycles. The van der Waals surface area contributed by atoms with Crippen molar-refractivity contribution in [1.82, 2.24) is 0 Å². The molecule has 0 heterocycles. The van der Waals surface area contributed by atoms with Crippen LogP contribution in [0.3, 0.4) is 0 Å². The smallest absolute Gasteiger partial charge is 0.335 e. The maximum atomic E-state index is 11.0. The zero-order valence-electron chi connectivity index (χ0n) is 9.80. The summed E-state index contributed by atoms with van der Waals surface area (Å²) in [6.07, 6.45) is 3.18. The normalized spacial score (nSPS) is 27.5. The molecule has 0 fully saturated rings. The quantitative estimate of drug-likeness (QED) is 0.570. The number of ether oxygens (including phenoxy) is 3. The molecule has 6 nitrogen and oxygen atoms in total. The van der Waals surface area contributed by atoms with Crippen LogP contribution in [0.15, 0.2) is 23.8 Å². The SMILES string of the molecule is COC1C=C(C(=O)O)C=CC1(OC)OC(C)=O. The zero-order valence-corrected chi connectivity index (χ0v) is 9.80. The van der Waals surface area contributed by atoms with Gasteiger partial charge in [0, 0.05) is 21.1 Å². The number of carboxylic acids is 1. The van der Waals surface area contributed by atoms with Crippen LogP contribution in [-0.2, 0) is 23.8 Å². The summed E-state index contributed by atoms with van der Waals surface area (Å²) in [5.74, 6) is -3.05. The number of carboxylic acid groups (broad SMARTS) is 1. The Hall–Kier alpha value is -1.66. The standard InChI is InChI=1S/C11H14O6/c1-7(12)17-11(16-3)5-4-8(10(13)14)6-9(11)15-2/h4-6,9H,1-3H3,(H,13,14). The van der Waals surface area contributed by atoms with Gasteiger partial charge in [0.25, 0.3) is 5.79 Å². The number of rotatable bonds is 4. The summed E-state index contributed by atoms with van der Waals surface area (Å²) in [7, 11) is 2.72. The van der Waals surface area contributed by atoms with E-state index in [1.807, 2.05) is 0 Å². The average molecular weight is 242 g/mol. The van der Waals surface area contributed by atoms with Crippen molar-refractivity contribution >= 4 is 11.9 Å². The minimum Gasteiger partial charge on any atom is -0.478 e. The number of aliphatic carboxylic acids is 1. The Morgan fingerprint density at radius 1 is 1.41 bits per heavy atom. The van der Waals surface area contributed by atoms with Gasteiger partial charge in [0.2, 0.25) is 0 Å². The molecule has 0 radical (unpaired) electrons. The molecule has 0 bridgehead atoms. The Balaban J connectivity index is 3.06. The van der Waals surface area contributed by atoms with Crippen molar-refractivity contribution in [1.29, 1.82) is 0 Å². The summed E-state index contributed by atoms with van der Waals surface area (Å²) in [6, 6.07) is 0. The maximum absolute atomic E-state index is 11.0. The van der Waals surface area contributed by atoms with Crippen LogP contribution in [0.2, 0.25) is 0 Å². The Morgan fingerprint density at radius 2 is 2.06 bits per heavy atom. The molecule has 6 heteroatoms. The van der Waals surface area contributed by atoms with E-state index in [4.69, 9.17) is 19.3 Å². The van der Waals surface area contributed by atoms with E-state index in [-0.39, 0.29) is 5.57 Å². The van der Waals surface area contributed by atoms with Crippen LogP contribution < -0.4 is 0 Å². The number of esters is 1. The van der Waals surface area contributed by atoms with E-state index in [2.05, 4.69) is 0 Å². The van der Waals surface area contributed by atoms with Crippen LogP contribution in [0.25, 0.3) is 0 Å². The van der Waals surface area contributed by atoms with E-state index >= 15 is 0 Å². The molecule has 0 saturated carbocycles. The summed E-state index contributed by atoms with van der Waals surface area (Å²) < 4.78 is 15.3. The molecule has 94 valence electrons. The van der Waals surface area contributed by atoms with E-state index in [0.29, 0.717) is 0 Å². The van der Waals surface area contributed by atoms with Crippen molar-refractivity contribution in [2.24, 2.45) is 0 Å². The number of hydrogen-bond acceptors (Lipinski definition) is 5. The summed E-state index contributed by atoms with van der Waals surface area (Å²) in [6.45, 7) is 1.23. The highest BCUT2D eigenvalue weighted by atomic mass is 16.7. The first-order valence-electron chi connectivity index (χ1n) is 4.87. The second-order valence-electron chi connectivity index (χ2n) is 3.44. The molecule has 0 amide bonds. The fourth-order valence-electron chi connectivity index (χ4n) is 1.55. The van der Waals surface area contributed by atoms with Crippen molar-refractivity contribution < 1.29 is 28.9 Å². The van der Waals surface area contributed by atoms with E-state index in [0.717, 1.165) is 0 Å². The first kappa shape index (κ1) is 13.4. The highest BCUT2D eigenvalue weighted by molar-refractivity contribution is 5.90. The molecular weight excluding hydrogens is 228 g/mol. The first-order valence-corrected chi connectivity index (χ1v) is 4.87. The number of hydrogen-bond donors (Lipinski definition) is 1. The molecule has 0 aliphatic heterocycles. The van der Waals surface area contributed by atoms with Crippen molar-refractivity contribution in [3.05, 3.63) is 23.8 Å². The molecule has 2 atom stereocenters. The lowest BCUT2D eigenvalue weighted by molar-refractivity contribution is -0.229. The highest BCUT2D eigenvalue weighted by Crippen LogP contribution is 2.28. The summed E-state index contributed by atoms with van der Waals surface area (Å²) in [5, 5.41) is 8.85. The third-order valence-electron chi connectivity index (χ3n) is 2.35. The van der Waals surface area contributed by atoms with Gasteiger partial charge in [-0.15, -0.1) is 0 Å². The molecule has 2 unspecified atom stereocenters. The number of carbonyl (C=O) groups excluding carboxylic acids is 1. The van der Waals surface area contributed by atoms with Gasteiger partial charge in [-0.05, 0) is 18.2 Å². The van der Waals surface area contributed by atoms with Crippen LogP contribution in [0.1, 0.15) is 6.92 Å². The van der Waals surface area contributed by atoms with Crippen LogP contribution in [0.4, 0.5) is 0 Å². The lowest BCUT2D eigenvalue weighted by Gasteiger charge is -2.35. The molecule has 17 heavy (non-hydrogen) atoms. The van der Waals surface area contributed by atoms with Crippen molar-refractivity contribution in [2.75, 3.05) is 14.2 Å². The Bertz CT molecular complexity index is 383. The van der Waals surface area contributed by atoms with E-state index in [9.17, 15) is 9.59 Å². The molecule has 0 aromatic rings. The van der Waals surface area contributed by atoms with E-state index in [1.165, 1.54) is 39.4 Å². The summed E-state index contributed by atoms with van der Waals surface area (Å²) >= 11 is 0. The van der Waals surface area contributed by atoms with E-state index < -0.39 is 23.8 Å². The van der Waals surface area contributed by atoms with Crippen molar-refractivity contribution in [2.45, 2.75) is 18.8 Å². The number of carbonyl (C=O) groups is 2. The average Bonchev–Trinajstić information content (AvgIpc) is 2.28. The first-order chi connectivity index (χ1) is 7.95. The van der Waals surface area contributed by atoms with Crippen molar-refractivity contribution in [3.63, 3.8) is 0 Å². The lowest BCUT2D eigenvalue weighted by Crippen LogP contribution is -2.47. The maximum Gasteiger partial charge on any atom is 0.335 e. The second kappa shape index (κ2) is 5.11. The van der Waals surface area contributed by atoms with Crippen LogP contribution in [-0.4, -0.2) is 43.2 Å². The lowest BCUT2D eigenvalue weighted by atomic mass is 9.98. The largest absolute Gasteiger partial charge is 0.478 e. The van der Waals surface area contributed by atoms with Gasteiger partial charge in [0.15, 0.2) is 0 Å². The molecule has 0 aromatic heterocycles. The monoisotopic (exact) mass is 242 g/mol. The molecule has 1 aliphatic rings. The molecule has 0 aromatic carbocycles. The Morgan fingerprint density at radius 3 is 2.47 bits per heavy atom. The van der Waals surface area contributed by atoms with Crippen molar-refractivity contribution in [3.8, 4) is 0 Å². The predicted octanol–water partition coefficient (Wildman–Crippen LogP) is 0.488. The van der Waals surface area contributed by atoms with Gasteiger partial charge in [0.1, 0.15) is 6.10 Å². The van der Waals surface area contributed by atoms with Gasteiger partial charge >= 0.3 is 11.9 Å². The van der Waals surface area contributed by atoms with Gasteiger partial charge in [-0.3, -0.25) is 4.79 Å². The van der Waals surface area contributed by atoms with Crippen LogP contribution in [0, 0.1) is 0 Å². The third kappa shape index (κ3) is 2.72. The van der Waals surface area contributed by atoms with Gasteiger partial charge in [0.05, 0.1) is 5.57 Å². The Labute approximate surface area is 98.5 Å². The molecule has 1 N–H and O–H groups in total. The Kier molecular flexibility index (Phi) is 4.03. The summed E-state index contributed by atoms with van der Waals surface area (Å²) in [5.41, 5.74) is 0.0525. The predicted molar refractivity (Wildman–Crippen MR) is 57.2 cm³/mol. The van der Waals surface area contributed by atoms with E-state index in [1.54, 1.807) is 0 Å². The minimum absolute atomic E-state index is 0.0525. The zero-order chi connectivity index (χ0) is 13.1. The van der Waals surface area contributed by atoms with Crippen LogP contribution in [0.5, 0.6) is 0 Å². The van der Waals surface area contributed by atoms with Gasteiger partial charge in [-0.2, -0.15) is 0 Å². The fourth-order valence-corrected chi connectivity index (χ4v) is 1.55. The number of methoxy groups -OCH3 is 2. The second-order valence-corrected chi connectivity index (χ2v) is 3.44. The molecule has 0 spiro atoms. The van der Waals surface area contributed by atoms with Gasteiger partial charge in [-0.1, -0.05) is 0 Å². The molecule has 1 rings (SSSR count). The van der Waals surface area contributed by atoms with Gasteiger partial charge < -0.3 is 19.3 Å². The van der Waals surface area contributed by atoms with Crippen LogP contribution >= 0.6 is 0 Å². The molecular formula is C11H14O6. The highest BCUT2D eigenvalue weighted by Gasteiger charge is 2.42. The van der Waals surface area contributed by atoms with Gasteiger partial charge in [-0.25, -0.2) is 4.79 Å². The topological polar surface area (TPSA) is 82.1 Å².